The molecule has 1 saturated carbocycles. The van der Waals surface area contributed by atoms with Gasteiger partial charge in [0.1, 0.15) is 12.3 Å². The number of nitrogens with zero attached hydrogens (tertiary/aromatic N) is 5. The van der Waals surface area contributed by atoms with Gasteiger partial charge in [0.25, 0.3) is 0 Å². The molecule has 3 fully saturated rings. The predicted molar refractivity (Wildman–Crippen MR) is 127 cm³/mol. The first-order chi connectivity index (χ1) is 17.9. The van der Waals surface area contributed by atoms with E-state index in [1.807, 2.05) is 18.2 Å². The van der Waals surface area contributed by atoms with E-state index >= 15 is 0 Å². The fourth-order valence-electron chi connectivity index (χ4n) is 4.58. The highest BCUT2D eigenvalue weighted by molar-refractivity contribution is 6.44. The molecule has 5 amide bonds. The van der Waals surface area contributed by atoms with Gasteiger partial charge in [0.05, 0.1) is 19.2 Å². The first kappa shape index (κ1) is 24.9. The molecule has 0 unspecified atom stereocenters. The van der Waals surface area contributed by atoms with Gasteiger partial charge in [-0.15, -0.1) is 0 Å². The minimum absolute atomic E-state index is 0.0288. The van der Waals surface area contributed by atoms with Gasteiger partial charge in [0, 0.05) is 26.3 Å². The predicted octanol–water partition coefficient (Wildman–Crippen LogP) is 1.78. The van der Waals surface area contributed by atoms with Crippen molar-refractivity contribution in [2.24, 2.45) is 11.8 Å². The molecule has 1 aliphatic carbocycles. The highest BCUT2D eigenvalue weighted by Gasteiger charge is 2.46. The van der Waals surface area contributed by atoms with Crippen LogP contribution in [0.15, 0.2) is 28.8 Å². The molecule has 5 rings (SSSR count). The van der Waals surface area contributed by atoms with Crippen molar-refractivity contribution in [3.63, 3.8) is 0 Å². The standard InChI is InChI=1S/C25H29N5O7/c1-35-19-5-3-2-4-18(19)28(13-17-8-10-36-11-9-17)22(31)12-20-26-21(37-27-20)15-30-24(33)23(32)29(25(30)34)14-16-6-7-16/h2-5,16-17H,6-15H2,1H3. The summed E-state index contributed by atoms with van der Waals surface area (Å²) in [7, 11) is 1.55. The second-order valence-corrected chi connectivity index (χ2v) is 9.55. The van der Waals surface area contributed by atoms with E-state index in [0.717, 1.165) is 35.5 Å². The van der Waals surface area contributed by atoms with Crippen molar-refractivity contribution in [2.75, 3.05) is 38.3 Å². The van der Waals surface area contributed by atoms with E-state index in [4.69, 9.17) is 14.0 Å². The number of rotatable bonds is 10. The quantitative estimate of drug-likeness (QED) is 0.345. The number of anilines is 1. The number of hydrogen-bond acceptors (Lipinski definition) is 9. The molecule has 2 saturated heterocycles. The fraction of sp³-hybridized carbons (Fsp3) is 0.520. The summed E-state index contributed by atoms with van der Waals surface area (Å²) in [5.74, 6) is -0.815. The first-order valence-corrected chi connectivity index (χ1v) is 12.4. The lowest BCUT2D eigenvalue weighted by atomic mass is 9.99. The van der Waals surface area contributed by atoms with Crippen LogP contribution in [0.25, 0.3) is 0 Å². The zero-order valence-corrected chi connectivity index (χ0v) is 20.6. The second kappa shape index (κ2) is 10.7. The summed E-state index contributed by atoms with van der Waals surface area (Å²) in [6.07, 6.45) is 3.41. The summed E-state index contributed by atoms with van der Waals surface area (Å²) in [6, 6.07) is 6.61. The number of ether oxygens (including phenoxy) is 2. The molecule has 0 spiro atoms. The summed E-state index contributed by atoms with van der Waals surface area (Å²) in [4.78, 5) is 58.3. The van der Waals surface area contributed by atoms with Crippen molar-refractivity contribution >= 4 is 29.4 Å². The number of urea groups is 1. The average molecular weight is 512 g/mol. The van der Waals surface area contributed by atoms with Gasteiger partial charge in [-0.05, 0) is 49.7 Å². The van der Waals surface area contributed by atoms with Crippen LogP contribution in [0.2, 0.25) is 0 Å². The van der Waals surface area contributed by atoms with Gasteiger partial charge < -0.3 is 18.9 Å². The lowest BCUT2D eigenvalue weighted by molar-refractivity contribution is -0.143. The molecule has 196 valence electrons. The Morgan fingerprint density at radius 2 is 1.78 bits per heavy atom. The van der Waals surface area contributed by atoms with Crippen LogP contribution in [-0.2, 0) is 32.1 Å². The summed E-state index contributed by atoms with van der Waals surface area (Å²) in [5.41, 5.74) is 0.646. The Kier molecular flexibility index (Phi) is 7.17. The first-order valence-electron chi connectivity index (χ1n) is 12.4. The number of carbonyl (C=O) groups excluding carboxylic acids is 4. The largest absolute Gasteiger partial charge is 0.495 e. The Balaban J connectivity index is 1.28. The van der Waals surface area contributed by atoms with Crippen LogP contribution in [0.5, 0.6) is 5.75 Å². The molecule has 12 nitrogen and oxygen atoms in total. The highest BCUT2D eigenvalue weighted by atomic mass is 16.5. The van der Waals surface area contributed by atoms with Gasteiger partial charge in [-0.1, -0.05) is 17.3 Å². The SMILES string of the molecule is COc1ccccc1N(CC1CCOCC1)C(=O)Cc1noc(CN2C(=O)C(=O)N(CC3CC3)C2=O)n1. The van der Waals surface area contributed by atoms with Crippen LogP contribution in [0.1, 0.15) is 37.4 Å². The molecular weight excluding hydrogens is 482 g/mol. The van der Waals surface area contributed by atoms with Crippen LogP contribution in [-0.4, -0.2) is 77.1 Å². The summed E-state index contributed by atoms with van der Waals surface area (Å²) < 4.78 is 16.2. The van der Waals surface area contributed by atoms with Gasteiger partial charge >= 0.3 is 17.8 Å². The number of para-hydroxylation sites is 2. The van der Waals surface area contributed by atoms with Gasteiger partial charge in [0.2, 0.25) is 11.8 Å². The molecule has 1 aromatic heterocycles. The van der Waals surface area contributed by atoms with E-state index in [0.29, 0.717) is 31.2 Å². The summed E-state index contributed by atoms with van der Waals surface area (Å²) in [5, 5.41) is 3.88. The van der Waals surface area contributed by atoms with E-state index in [1.165, 1.54) is 0 Å². The molecule has 37 heavy (non-hydrogen) atoms. The molecular formula is C25H29N5O7. The lowest BCUT2D eigenvalue weighted by Crippen LogP contribution is -2.38. The zero-order valence-electron chi connectivity index (χ0n) is 20.6. The van der Waals surface area contributed by atoms with Crippen LogP contribution in [0.4, 0.5) is 10.5 Å². The molecule has 1 aromatic carbocycles. The van der Waals surface area contributed by atoms with Crippen molar-refractivity contribution in [1.82, 2.24) is 19.9 Å². The second-order valence-electron chi connectivity index (χ2n) is 9.55. The molecule has 0 radical (unpaired) electrons. The highest BCUT2D eigenvalue weighted by Crippen LogP contribution is 2.32. The van der Waals surface area contributed by atoms with Crippen molar-refractivity contribution in [1.29, 1.82) is 0 Å². The topological polar surface area (TPSA) is 135 Å². The fourth-order valence-corrected chi connectivity index (χ4v) is 4.58. The maximum Gasteiger partial charge on any atom is 0.334 e. The lowest BCUT2D eigenvalue weighted by Gasteiger charge is -2.30. The van der Waals surface area contributed by atoms with Crippen molar-refractivity contribution in [3.05, 3.63) is 36.0 Å². The number of hydrogen-bond donors (Lipinski definition) is 0. The van der Waals surface area contributed by atoms with Crippen molar-refractivity contribution in [3.8, 4) is 5.75 Å². The Morgan fingerprint density at radius 3 is 2.51 bits per heavy atom. The van der Waals surface area contributed by atoms with Crippen LogP contribution in [0.3, 0.4) is 0 Å². The minimum Gasteiger partial charge on any atom is -0.495 e. The minimum atomic E-state index is -0.916. The van der Waals surface area contributed by atoms with Crippen LogP contribution >= 0.6 is 0 Å². The molecule has 3 heterocycles. The van der Waals surface area contributed by atoms with E-state index in [-0.39, 0.29) is 49.0 Å². The number of methoxy groups -OCH3 is 1. The van der Waals surface area contributed by atoms with Gasteiger partial charge in [-0.2, -0.15) is 4.98 Å². The summed E-state index contributed by atoms with van der Waals surface area (Å²) in [6.45, 7) is 1.71. The van der Waals surface area contributed by atoms with E-state index in [1.54, 1.807) is 18.1 Å². The molecule has 0 atom stereocenters. The van der Waals surface area contributed by atoms with Gasteiger partial charge in [-0.3, -0.25) is 19.3 Å². The maximum atomic E-state index is 13.5. The number of carbonyl (C=O) groups is 4. The summed E-state index contributed by atoms with van der Waals surface area (Å²) >= 11 is 0. The van der Waals surface area contributed by atoms with E-state index in [2.05, 4.69) is 10.1 Å². The molecule has 2 aromatic rings. The zero-order chi connectivity index (χ0) is 25.9. The third-order valence-corrected chi connectivity index (χ3v) is 6.84. The molecule has 0 bridgehead atoms. The Hall–Kier alpha value is -3.80. The number of benzene rings is 1. The van der Waals surface area contributed by atoms with E-state index < -0.39 is 17.8 Å². The molecule has 3 aliphatic rings. The molecule has 0 N–H and O–H groups in total. The molecule has 12 heteroatoms. The maximum absolute atomic E-state index is 13.5. The number of aromatic nitrogens is 2. The monoisotopic (exact) mass is 511 g/mol. The normalized spacial score (nSPS) is 18.6. The number of amides is 5. The van der Waals surface area contributed by atoms with Gasteiger partial charge in [-0.25, -0.2) is 9.69 Å². The van der Waals surface area contributed by atoms with Gasteiger partial charge in [0.15, 0.2) is 5.82 Å². The average Bonchev–Trinajstić information content (AvgIpc) is 3.60. The van der Waals surface area contributed by atoms with Crippen LogP contribution < -0.4 is 9.64 Å². The van der Waals surface area contributed by atoms with Crippen LogP contribution in [0, 0.1) is 11.8 Å². The third-order valence-electron chi connectivity index (χ3n) is 6.84. The third kappa shape index (κ3) is 5.48. The Labute approximate surface area is 213 Å². The Bertz CT molecular complexity index is 1190. The molecule has 2 aliphatic heterocycles. The van der Waals surface area contributed by atoms with E-state index in [9.17, 15) is 19.2 Å². The Morgan fingerprint density at radius 1 is 1.05 bits per heavy atom. The smallest absolute Gasteiger partial charge is 0.334 e. The number of imide groups is 2. The van der Waals surface area contributed by atoms with Crippen molar-refractivity contribution < 1.29 is 33.2 Å². The van der Waals surface area contributed by atoms with Crippen molar-refractivity contribution in [2.45, 2.75) is 38.6 Å².